The van der Waals surface area contributed by atoms with Gasteiger partial charge in [-0.1, -0.05) is 0 Å². The number of hydrogen-bond donors (Lipinski definition) is 3. The summed E-state index contributed by atoms with van der Waals surface area (Å²) in [5.41, 5.74) is 11.3. The molecule has 2 aromatic rings. The number of nitrogens with two attached hydrogens (primary N) is 2. The molecule has 0 aromatic carbocycles. The molecule has 0 saturated carbocycles. The van der Waals surface area contributed by atoms with E-state index in [1.54, 1.807) is 18.5 Å². The molecule has 0 bridgehead atoms. The molecule has 2 rings (SSSR count). The maximum atomic E-state index is 9.91. The summed E-state index contributed by atoms with van der Waals surface area (Å²) in [6.45, 7) is 5.49. The minimum Gasteiger partial charge on any atom is -0.390 e. The molecule has 0 aliphatic heterocycles. The lowest BCUT2D eigenvalue weighted by molar-refractivity contribution is 0.0557. The van der Waals surface area contributed by atoms with Crippen molar-refractivity contribution in [1.29, 1.82) is 0 Å². The van der Waals surface area contributed by atoms with E-state index in [0.717, 1.165) is 3.70 Å². The molecule has 0 saturated heterocycles. The van der Waals surface area contributed by atoms with Crippen molar-refractivity contribution in [3.63, 3.8) is 0 Å². The molecule has 0 aliphatic rings. The Balaban J connectivity index is 2.56. The molecule has 2 aromatic heterocycles. The van der Waals surface area contributed by atoms with Crippen molar-refractivity contribution < 1.29 is 5.11 Å². The summed E-state index contributed by atoms with van der Waals surface area (Å²) in [4.78, 5) is 8.16. The molecule has 0 unspecified atom stereocenters. The van der Waals surface area contributed by atoms with Gasteiger partial charge in [0.1, 0.15) is 9.52 Å². The molecule has 0 aliphatic carbocycles. The summed E-state index contributed by atoms with van der Waals surface area (Å²) in [6.07, 6.45) is 0.545. The van der Waals surface area contributed by atoms with Gasteiger partial charge in [-0.15, -0.1) is 0 Å². The molecule has 0 spiro atoms. The molecular weight excluding hydrogens is 359 g/mol. The van der Waals surface area contributed by atoms with Crippen LogP contribution in [-0.4, -0.2) is 30.5 Å². The van der Waals surface area contributed by atoms with E-state index in [-0.39, 0.29) is 12.0 Å². The van der Waals surface area contributed by atoms with E-state index >= 15 is 0 Å². The van der Waals surface area contributed by atoms with Crippen LogP contribution in [0.15, 0.2) is 0 Å². The largest absolute Gasteiger partial charge is 0.390 e. The molecule has 1 atom stereocenters. The number of rotatable bonds is 3. The summed E-state index contributed by atoms with van der Waals surface area (Å²) in [7, 11) is 0. The number of aliphatic hydroxyl groups is 1. The van der Waals surface area contributed by atoms with Crippen molar-refractivity contribution in [1.82, 2.24) is 19.7 Å². The van der Waals surface area contributed by atoms with Crippen LogP contribution >= 0.6 is 22.6 Å². The van der Waals surface area contributed by atoms with E-state index in [1.807, 2.05) is 6.92 Å². The van der Waals surface area contributed by atoms with Crippen LogP contribution in [0.5, 0.6) is 0 Å². The maximum Gasteiger partial charge on any atom is 0.224 e. The third kappa shape index (κ3) is 2.89. The Morgan fingerprint density at radius 1 is 1.37 bits per heavy atom. The van der Waals surface area contributed by atoms with E-state index in [9.17, 15) is 5.11 Å². The van der Waals surface area contributed by atoms with Crippen molar-refractivity contribution >= 4 is 45.4 Å². The first-order chi connectivity index (χ1) is 8.69. The Bertz CT molecular complexity index is 618. The van der Waals surface area contributed by atoms with Crippen molar-refractivity contribution in [3.05, 3.63) is 3.70 Å². The van der Waals surface area contributed by atoms with E-state index in [4.69, 9.17) is 11.5 Å². The molecule has 0 amide bonds. The lowest BCUT2D eigenvalue weighted by Crippen LogP contribution is -2.24. The average molecular weight is 376 g/mol. The number of fused-ring (bicyclic) bond motifs is 1. The van der Waals surface area contributed by atoms with Gasteiger partial charge in [-0.3, -0.25) is 0 Å². The zero-order valence-electron chi connectivity index (χ0n) is 11.1. The normalized spacial score (nSPS) is 13.9. The fourth-order valence-corrected chi connectivity index (χ4v) is 2.91. The highest BCUT2D eigenvalue weighted by Crippen LogP contribution is 2.29. The molecule has 104 valence electrons. The fourth-order valence-electron chi connectivity index (χ4n) is 2.16. The van der Waals surface area contributed by atoms with Crippen molar-refractivity contribution in [3.8, 4) is 0 Å². The average Bonchev–Trinajstić information content (AvgIpc) is 2.53. The first-order valence-corrected chi connectivity index (χ1v) is 6.96. The molecule has 19 heavy (non-hydrogen) atoms. The van der Waals surface area contributed by atoms with Gasteiger partial charge in [-0.25, -0.2) is 4.68 Å². The molecular formula is C11H17IN6O. The highest BCUT2D eigenvalue weighted by Gasteiger charge is 2.23. The van der Waals surface area contributed by atoms with Gasteiger partial charge in [-0.05, 0) is 49.8 Å². The van der Waals surface area contributed by atoms with Gasteiger partial charge in [0.15, 0.2) is 5.65 Å². The van der Waals surface area contributed by atoms with Crippen LogP contribution in [0.2, 0.25) is 0 Å². The van der Waals surface area contributed by atoms with Gasteiger partial charge < -0.3 is 16.6 Å². The van der Waals surface area contributed by atoms with E-state index < -0.39 is 5.60 Å². The topological polar surface area (TPSA) is 116 Å². The fraction of sp³-hybridized carbons (Fsp3) is 0.545. The summed E-state index contributed by atoms with van der Waals surface area (Å²) in [5.74, 6) is 0.451. The SMILES string of the molecule is C[C@@H](CC(C)(C)O)n1nc(I)c2c(N)nc(N)nc21. The van der Waals surface area contributed by atoms with Gasteiger partial charge in [0, 0.05) is 0 Å². The Hall–Kier alpha value is -1.16. The van der Waals surface area contributed by atoms with Gasteiger partial charge in [-0.2, -0.15) is 15.1 Å². The number of nitrogens with zero attached hydrogens (tertiary/aromatic N) is 4. The third-order valence-electron chi connectivity index (χ3n) is 2.77. The summed E-state index contributed by atoms with van der Waals surface area (Å²) >= 11 is 2.09. The van der Waals surface area contributed by atoms with Gasteiger partial charge in [0.05, 0.1) is 17.0 Å². The highest BCUT2D eigenvalue weighted by atomic mass is 127. The molecule has 0 fully saturated rings. The Labute approximate surface area is 124 Å². The van der Waals surface area contributed by atoms with Gasteiger partial charge in [0.25, 0.3) is 0 Å². The van der Waals surface area contributed by atoms with Crippen LogP contribution in [0.4, 0.5) is 11.8 Å². The minimum absolute atomic E-state index is 0.0280. The van der Waals surface area contributed by atoms with Crippen molar-refractivity contribution in [2.75, 3.05) is 11.5 Å². The van der Waals surface area contributed by atoms with Crippen LogP contribution in [0.1, 0.15) is 33.2 Å². The first-order valence-electron chi connectivity index (χ1n) is 5.88. The van der Waals surface area contributed by atoms with Crippen LogP contribution in [0.25, 0.3) is 11.0 Å². The highest BCUT2D eigenvalue weighted by molar-refractivity contribution is 14.1. The van der Waals surface area contributed by atoms with Crippen molar-refractivity contribution in [2.45, 2.75) is 38.8 Å². The molecule has 7 nitrogen and oxygen atoms in total. The third-order valence-corrected chi connectivity index (χ3v) is 3.52. The molecule has 8 heteroatoms. The smallest absolute Gasteiger partial charge is 0.224 e. The Kier molecular flexibility index (Phi) is 3.56. The number of halogens is 1. The zero-order chi connectivity index (χ0) is 14.4. The van der Waals surface area contributed by atoms with E-state index in [2.05, 4.69) is 37.7 Å². The molecule has 5 N–H and O–H groups in total. The zero-order valence-corrected chi connectivity index (χ0v) is 13.2. The molecule has 2 heterocycles. The monoisotopic (exact) mass is 376 g/mol. The Morgan fingerprint density at radius 2 is 2.00 bits per heavy atom. The van der Waals surface area contributed by atoms with Crippen LogP contribution < -0.4 is 11.5 Å². The Morgan fingerprint density at radius 3 is 2.58 bits per heavy atom. The summed E-state index contributed by atoms with van der Waals surface area (Å²) in [5, 5.41) is 15.0. The number of aromatic nitrogens is 4. The van der Waals surface area contributed by atoms with Gasteiger partial charge >= 0.3 is 0 Å². The first kappa shape index (κ1) is 14.3. The van der Waals surface area contributed by atoms with Crippen LogP contribution in [-0.2, 0) is 0 Å². The number of hydrogen-bond acceptors (Lipinski definition) is 6. The minimum atomic E-state index is -0.784. The number of nitrogen functional groups attached to an aromatic ring is 2. The number of anilines is 2. The second kappa shape index (κ2) is 4.75. The predicted octanol–water partition coefficient (Wildman–Crippen LogP) is 1.32. The maximum absolute atomic E-state index is 9.91. The molecule has 0 radical (unpaired) electrons. The lowest BCUT2D eigenvalue weighted by atomic mass is 10.0. The second-order valence-electron chi connectivity index (χ2n) is 5.27. The second-order valence-corrected chi connectivity index (χ2v) is 6.29. The predicted molar refractivity (Wildman–Crippen MR) is 82.5 cm³/mol. The van der Waals surface area contributed by atoms with Crippen LogP contribution in [0, 0.1) is 3.70 Å². The quantitative estimate of drug-likeness (QED) is 0.696. The summed E-state index contributed by atoms with van der Waals surface area (Å²) < 4.78 is 2.47. The van der Waals surface area contributed by atoms with E-state index in [0.29, 0.717) is 23.3 Å². The van der Waals surface area contributed by atoms with Crippen LogP contribution in [0.3, 0.4) is 0 Å². The van der Waals surface area contributed by atoms with Gasteiger partial charge in [0.2, 0.25) is 5.95 Å². The van der Waals surface area contributed by atoms with Crippen molar-refractivity contribution in [2.24, 2.45) is 0 Å². The summed E-state index contributed by atoms with van der Waals surface area (Å²) in [6, 6.07) is -0.0280. The standard InChI is InChI=1S/C11H17IN6O/c1-5(4-11(2,3)19)18-9-6(7(12)17-18)8(13)15-10(14)16-9/h5,19H,4H2,1-3H3,(H4,13,14,15,16)/t5-/m0/s1. The van der Waals surface area contributed by atoms with E-state index in [1.165, 1.54) is 0 Å². The lowest BCUT2D eigenvalue weighted by Gasteiger charge is -2.22.